The van der Waals surface area contributed by atoms with Crippen LogP contribution in [0.3, 0.4) is 0 Å². The normalized spacial score (nSPS) is 21.6. The molecular formula is C24H26N4O. The molecule has 1 saturated heterocycles. The van der Waals surface area contributed by atoms with Gasteiger partial charge in [0.25, 0.3) is 5.91 Å². The predicted molar refractivity (Wildman–Crippen MR) is 116 cm³/mol. The summed E-state index contributed by atoms with van der Waals surface area (Å²) in [6.07, 6.45) is 10.2. The molecule has 1 aliphatic carbocycles. The number of benzene rings is 1. The van der Waals surface area contributed by atoms with Gasteiger partial charge in [-0.3, -0.25) is 9.78 Å². The monoisotopic (exact) mass is 386 g/mol. The number of nitrogens with zero attached hydrogens (tertiary/aromatic N) is 3. The highest BCUT2D eigenvalue weighted by Crippen LogP contribution is 2.37. The van der Waals surface area contributed by atoms with Crippen LogP contribution in [-0.4, -0.2) is 29.0 Å². The Bertz CT molecular complexity index is 1020. The number of rotatable bonds is 3. The summed E-state index contributed by atoms with van der Waals surface area (Å²) in [4.78, 5) is 24.0. The zero-order valence-electron chi connectivity index (χ0n) is 16.6. The average molecular weight is 386 g/mol. The van der Waals surface area contributed by atoms with Gasteiger partial charge in [0, 0.05) is 24.7 Å². The summed E-state index contributed by atoms with van der Waals surface area (Å²) >= 11 is 0. The molecule has 2 aromatic heterocycles. The molecule has 2 aliphatic rings. The number of carbonyl (C=O) groups excluding carboxylic acids is 1. The number of piperidine rings is 1. The van der Waals surface area contributed by atoms with Crippen LogP contribution in [0.15, 0.2) is 54.9 Å². The standard InChI is InChI=1S/C24H26N4O/c29-24(27-21-13-18-6-3-4-8-22(18)25-15-21)19-9-10-23(26-14-19)28-12-11-17-5-1-2-7-20(17)16-28/h3-4,6,8-10,13-15,17,20H,1-2,5,7,11-12,16H2,(H,27,29). The van der Waals surface area contributed by atoms with E-state index in [0.29, 0.717) is 11.3 Å². The number of nitrogens with one attached hydrogen (secondary N) is 1. The van der Waals surface area contributed by atoms with E-state index in [-0.39, 0.29) is 5.91 Å². The fourth-order valence-electron chi connectivity index (χ4n) is 4.86. The first-order valence-electron chi connectivity index (χ1n) is 10.6. The van der Waals surface area contributed by atoms with Gasteiger partial charge in [-0.15, -0.1) is 0 Å². The molecule has 1 amide bonds. The summed E-state index contributed by atoms with van der Waals surface area (Å²) in [5.41, 5.74) is 2.17. The summed E-state index contributed by atoms with van der Waals surface area (Å²) in [6.45, 7) is 2.18. The Balaban J connectivity index is 1.26. The number of hydrogen-bond acceptors (Lipinski definition) is 4. The Morgan fingerprint density at radius 3 is 2.69 bits per heavy atom. The molecule has 5 rings (SSSR count). The Kier molecular flexibility index (Phi) is 4.88. The average Bonchev–Trinajstić information content (AvgIpc) is 2.79. The van der Waals surface area contributed by atoms with Crippen molar-refractivity contribution in [2.75, 3.05) is 23.3 Å². The minimum absolute atomic E-state index is 0.160. The van der Waals surface area contributed by atoms with Crippen molar-refractivity contribution >= 4 is 28.3 Å². The lowest BCUT2D eigenvalue weighted by Gasteiger charge is -2.41. The van der Waals surface area contributed by atoms with Crippen LogP contribution in [0, 0.1) is 11.8 Å². The molecule has 2 atom stereocenters. The van der Waals surface area contributed by atoms with Gasteiger partial charge in [0.1, 0.15) is 5.82 Å². The van der Waals surface area contributed by atoms with Crippen LogP contribution in [0.2, 0.25) is 0 Å². The van der Waals surface area contributed by atoms with E-state index < -0.39 is 0 Å². The molecule has 2 unspecified atom stereocenters. The van der Waals surface area contributed by atoms with Crippen LogP contribution in [0.4, 0.5) is 11.5 Å². The lowest BCUT2D eigenvalue weighted by molar-refractivity contribution is 0.102. The third-order valence-corrected chi connectivity index (χ3v) is 6.47. The molecule has 1 N–H and O–H groups in total. The number of pyridine rings is 2. The van der Waals surface area contributed by atoms with Gasteiger partial charge < -0.3 is 10.2 Å². The zero-order valence-corrected chi connectivity index (χ0v) is 16.6. The van der Waals surface area contributed by atoms with Crippen LogP contribution < -0.4 is 10.2 Å². The maximum atomic E-state index is 12.6. The van der Waals surface area contributed by atoms with Crippen LogP contribution in [0.25, 0.3) is 10.9 Å². The van der Waals surface area contributed by atoms with Gasteiger partial charge in [0.2, 0.25) is 0 Å². The molecular weight excluding hydrogens is 360 g/mol. The molecule has 1 saturated carbocycles. The molecule has 3 heterocycles. The second-order valence-electron chi connectivity index (χ2n) is 8.32. The molecule has 1 aliphatic heterocycles. The van der Waals surface area contributed by atoms with Gasteiger partial charge in [-0.1, -0.05) is 37.5 Å². The summed E-state index contributed by atoms with van der Waals surface area (Å²) in [6, 6.07) is 13.7. The molecule has 3 aromatic rings. The van der Waals surface area contributed by atoms with E-state index >= 15 is 0 Å². The van der Waals surface area contributed by atoms with Crippen molar-refractivity contribution < 1.29 is 4.79 Å². The van der Waals surface area contributed by atoms with Crippen molar-refractivity contribution in [3.8, 4) is 0 Å². The van der Waals surface area contributed by atoms with Crippen LogP contribution in [-0.2, 0) is 0 Å². The molecule has 29 heavy (non-hydrogen) atoms. The van der Waals surface area contributed by atoms with E-state index in [1.165, 1.54) is 32.1 Å². The van der Waals surface area contributed by atoms with Crippen molar-refractivity contribution in [3.05, 3.63) is 60.4 Å². The molecule has 5 nitrogen and oxygen atoms in total. The summed E-state index contributed by atoms with van der Waals surface area (Å²) in [5.74, 6) is 2.54. The van der Waals surface area contributed by atoms with Crippen LogP contribution in [0.5, 0.6) is 0 Å². The van der Waals surface area contributed by atoms with Gasteiger partial charge >= 0.3 is 0 Å². The Hall–Kier alpha value is -2.95. The number of para-hydroxylation sites is 1. The Morgan fingerprint density at radius 1 is 0.966 bits per heavy atom. The zero-order chi connectivity index (χ0) is 19.6. The number of amides is 1. The van der Waals surface area contributed by atoms with Gasteiger partial charge in [0.05, 0.1) is 23.0 Å². The largest absolute Gasteiger partial charge is 0.356 e. The first kappa shape index (κ1) is 18.1. The third kappa shape index (κ3) is 3.82. The first-order valence-corrected chi connectivity index (χ1v) is 10.6. The maximum absolute atomic E-state index is 12.6. The van der Waals surface area contributed by atoms with Crippen molar-refractivity contribution in [1.82, 2.24) is 9.97 Å². The second-order valence-corrected chi connectivity index (χ2v) is 8.32. The minimum atomic E-state index is -0.160. The van der Waals surface area contributed by atoms with Gasteiger partial charge in [-0.25, -0.2) is 4.98 Å². The fourth-order valence-corrected chi connectivity index (χ4v) is 4.86. The minimum Gasteiger partial charge on any atom is -0.356 e. The fraction of sp³-hybridized carbons (Fsp3) is 0.375. The Morgan fingerprint density at radius 2 is 1.83 bits per heavy atom. The molecule has 1 aromatic carbocycles. The van der Waals surface area contributed by atoms with Gasteiger partial charge in [-0.2, -0.15) is 0 Å². The first-order chi connectivity index (χ1) is 14.3. The lowest BCUT2D eigenvalue weighted by Crippen LogP contribution is -2.42. The van der Waals surface area contributed by atoms with Gasteiger partial charge in [-0.05, 0) is 48.9 Å². The van der Waals surface area contributed by atoms with E-state index in [9.17, 15) is 4.79 Å². The highest BCUT2D eigenvalue weighted by molar-refractivity contribution is 6.04. The molecule has 148 valence electrons. The number of anilines is 2. The van der Waals surface area contributed by atoms with Crippen LogP contribution in [0.1, 0.15) is 42.5 Å². The lowest BCUT2D eigenvalue weighted by atomic mass is 9.75. The van der Waals surface area contributed by atoms with E-state index in [1.807, 2.05) is 42.5 Å². The summed E-state index contributed by atoms with van der Waals surface area (Å²) < 4.78 is 0. The smallest absolute Gasteiger partial charge is 0.257 e. The molecule has 5 heteroatoms. The van der Waals surface area contributed by atoms with Crippen molar-refractivity contribution in [3.63, 3.8) is 0 Å². The summed E-state index contributed by atoms with van der Waals surface area (Å²) in [7, 11) is 0. The van der Waals surface area contributed by atoms with E-state index in [2.05, 4.69) is 20.2 Å². The Labute approximate surface area is 171 Å². The van der Waals surface area contributed by atoms with Crippen molar-refractivity contribution in [2.24, 2.45) is 11.8 Å². The molecule has 2 fully saturated rings. The van der Waals surface area contributed by atoms with E-state index in [4.69, 9.17) is 0 Å². The maximum Gasteiger partial charge on any atom is 0.257 e. The second kappa shape index (κ2) is 7.82. The number of hydrogen-bond donors (Lipinski definition) is 1. The van der Waals surface area contributed by atoms with Crippen LogP contribution >= 0.6 is 0 Å². The highest BCUT2D eigenvalue weighted by Gasteiger charge is 2.31. The van der Waals surface area contributed by atoms with E-state index in [1.54, 1.807) is 12.4 Å². The SMILES string of the molecule is O=C(Nc1cnc2ccccc2c1)c1ccc(N2CCC3CCCCC3C2)nc1. The van der Waals surface area contributed by atoms with Gasteiger partial charge in [0.15, 0.2) is 0 Å². The molecule has 0 spiro atoms. The van der Waals surface area contributed by atoms with Crippen molar-refractivity contribution in [2.45, 2.75) is 32.1 Å². The molecule has 0 radical (unpaired) electrons. The van der Waals surface area contributed by atoms with Crippen molar-refractivity contribution in [1.29, 1.82) is 0 Å². The topological polar surface area (TPSA) is 58.1 Å². The number of aromatic nitrogens is 2. The van der Waals surface area contributed by atoms with E-state index in [0.717, 1.165) is 41.6 Å². The number of fused-ring (bicyclic) bond motifs is 2. The number of carbonyl (C=O) groups is 1. The third-order valence-electron chi connectivity index (χ3n) is 6.47. The highest BCUT2D eigenvalue weighted by atomic mass is 16.1. The predicted octanol–water partition coefficient (Wildman–Crippen LogP) is 4.90. The summed E-state index contributed by atoms with van der Waals surface area (Å²) in [5, 5.41) is 3.94. The molecule has 0 bridgehead atoms. The quantitative estimate of drug-likeness (QED) is 0.696.